The highest BCUT2D eigenvalue weighted by atomic mass is 15.3. The number of para-hydroxylation sites is 1. The molecule has 0 atom stereocenters. The predicted molar refractivity (Wildman–Crippen MR) is 73.7 cm³/mol. The van der Waals surface area contributed by atoms with Crippen molar-refractivity contribution in [3.05, 3.63) is 71.7 Å². The molecular weight excluding hydrogens is 236 g/mol. The van der Waals surface area contributed by atoms with Gasteiger partial charge in [0.25, 0.3) is 0 Å². The summed E-state index contributed by atoms with van der Waals surface area (Å²) in [5, 5.41) is 13.6. The van der Waals surface area contributed by atoms with Crippen molar-refractivity contribution in [2.45, 2.75) is 0 Å². The van der Waals surface area contributed by atoms with Gasteiger partial charge in [-0.05, 0) is 12.1 Å². The van der Waals surface area contributed by atoms with Gasteiger partial charge in [-0.15, -0.1) is 0 Å². The minimum atomic E-state index is 0.407. The average molecular weight is 247 g/mol. The molecule has 0 bridgehead atoms. The van der Waals surface area contributed by atoms with E-state index < -0.39 is 0 Å². The van der Waals surface area contributed by atoms with Crippen molar-refractivity contribution < 1.29 is 0 Å². The number of hydrogen-bond donors (Lipinski definition) is 0. The molecule has 0 unspecified atom stereocenters. The number of hydrogen-bond acceptors (Lipinski definition) is 2. The van der Waals surface area contributed by atoms with Crippen LogP contribution in [-0.2, 0) is 0 Å². The van der Waals surface area contributed by atoms with Crippen molar-refractivity contribution in [2.75, 3.05) is 0 Å². The third kappa shape index (κ3) is 2.09. The summed E-state index contributed by atoms with van der Waals surface area (Å²) < 4.78 is 1.61. The fourth-order valence-electron chi connectivity index (χ4n) is 1.95. The third-order valence-corrected chi connectivity index (χ3v) is 2.86. The van der Waals surface area contributed by atoms with Crippen molar-refractivity contribution in [2.24, 2.45) is 0 Å². The first-order valence-electron chi connectivity index (χ1n) is 5.94. The molecule has 3 rings (SSSR count). The fourth-order valence-corrected chi connectivity index (χ4v) is 1.95. The van der Waals surface area contributed by atoms with Crippen LogP contribution in [0.1, 0.15) is 0 Å². The highest BCUT2D eigenvalue weighted by Gasteiger charge is 2.20. The summed E-state index contributed by atoms with van der Waals surface area (Å²) in [6.07, 6.45) is 0. The van der Waals surface area contributed by atoms with E-state index in [0.29, 0.717) is 5.82 Å². The summed E-state index contributed by atoms with van der Waals surface area (Å²) in [4.78, 5) is 3.29. The molecule has 3 aromatic rings. The minimum absolute atomic E-state index is 0.407. The monoisotopic (exact) mass is 247 g/mol. The van der Waals surface area contributed by atoms with Gasteiger partial charge in [-0.3, -0.25) is 0 Å². The molecule has 0 amide bonds. The van der Waals surface area contributed by atoms with Crippen molar-refractivity contribution >= 4 is 5.82 Å². The summed E-state index contributed by atoms with van der Waals surface area (Å²) in [6.45, 7) is 0. The molecule has 4 nitrogen and oxygen atoms in total. The van der Waals surface area contributed by atoms with Crippen LogP contribution in [0.4, 0.5) is 5.82 Å². The first-order chi connectivity index (χ1) is 9.38. The quantitative estimate of drug-likeness (QED) is 0.642. The van der Waals surface area contributed by atoms with Gasteiger partial charge in [-0.1, -0.05) is 58.3 Å². The maximum Gasteiger partial charge on any atom is 0.452 e. The summed E-state index contributed by atoms with van der Waals surface area (Å²) in [6, 6.07) is 21.1. The van der Waals surface area contributed by atoms with E-state index in [2.05, 4.69) is 10.1 Å². The topological polar surface area (TPSA) is 46.0 Å². The summed E-state index contributed by atoms with van der Waals surface area (Å²) >= 11 is 0. The normalized spacial score (nSPS) is 10.1. The van der Waals surface area contributed by atoms with Crippen molar-refractivity contribution in [1.29, 1.82) is 5.39 Å². The molecule has 1 aromatic heterocycles. The summed E-state index contributed by atoms with van der Waals surface area (Å²) in [5.41, 5.74) is 2.62. The lowest BCUT2D eigenvalue weighted by molar-refractivity contribution is 0.897. The van der Waals surface area contributed by atoms with Crippen LogP contribution >= 0.6 is 0 Å². The van der Waals surface area contributed by atoms with Gasteiger partial charge in [0.05, 0.1) is 11.5 Å². The zero-order valence-corrected chi connectivity index (χ0v) is 10.1. The number of nitrogens with zero attached hydrogens (tertiary/aromatic N) is 4. The molecule has 0 saturated carbocycles. The van der Waals surface area contributed by atoms with E-state index in [4.69, 9.17) is 5.39 Å². The largest absolute Gasteiger partial charge is 0.452 e. The molecule has 0 fully saturated rings. The molecule has 2 aromatic carbocycles. The van der Waals surface area contributed by atoms with E-state index in [1.54, 1.807) is 10.7 Å². The van der Waals surface area contributed by atoms with Gasteiger partial charge in [0.15, 0.2) is 5.69 Å². The van der Waals surface area contributed by atoms with Crippen LogP contribution < -0.4 is 0 Å². The Kier molecular flexibility index (Phi) is 2.79. The van der Waals surface area contributed by atoms with Crippen molar-refractivity contribution in [1.82, 2.24) is 9.78 Å². The molecule has 0 saturated heterocycles. The molecule has 0 N–H and O–H groups in total. The highest BCUT2D eigenvalue weighted by Crippen LogP contribution is 2.26. The molecule has 19 heavy (non-hydrogen) atoms. The zero-order chi connectivity index (χ0) is 13.1. The standard InChI is InChI=1S/C15H11N4/c16-17-15-11-14(12-7-3-1-4-8-12)18-19(15)13-9-5-2-6-10-13/h1-11H/q+1. The van der Waals surface area contributed by atoms with Crippen LogP contribution in [0.5, 0.6) is 0 Å². The third-order valence-electron chi connectivity index (χ3n) is 2.86. The number of benzene rings is 2. The molecular formula is C15H11N4+. The van der Waals surface area contributed by atoms with Crippen molar-refractivity contribution in [3.63, 3.8) is 0 Å². The van der Waals surface area contributed by atoms with E-state index in [1.165, 1.54) is 0 Å². The molecule has 0 spiro atoms. The van der Waals surface area contributed by atoms with Gasteiger partial charge in [-0.25, -0.2) is 0 Å². The Bertz CT molecular complexity index is 724. The van der Waals surface area contributed by atoms with Gasteiger partial charge in [0.1, 0.15) is 5.69 Å². The molecule has 0 aliphatic rings. The van der Waals surface area contributed by atoms with Crippen LogP contribution in [0.2, 0.25) is 0 Å². The zero-order valence-electron chi connectivity index (χ0n) is 10.1. The van der Waals surface area contributed by atoms with E-state index in [0.717, 1.165) is 16.9 Å². The Morgan fingerprint density at radius 2 is 1.53 bits per heavy atom. The SMILES string of the molecule is N#[N+]c1cc(-c2ccccc2)nn1-c1ccccc1. The van der Waals surface area contributed by atoms with Crippen molar-refractivity contribution in [3.8, 4) is 16.9 Å². The summed E-state index contributed by atoms with van der Waals surface area (Å²) in [7, 11) is 0. The molecule has 0 aliphatic heterocycles. The Labute approximate surface area is 110 Å². The molecule has 0 aliphatic carbocycles. The van der Waals surface area contributed by atoms with Gasteiger partial charge in [0.2, 0.25) is 0 Å². The van der Waals surface area contributed by atoms with E-state index in [-0.39, 0.29) is 0 Å². The fraction of sp³-hybridized carbons (Fsp3) is 0. The Balaban J connectivity index is 2.13. The van der Waals surface area contributed by atoms with E-state index in [1.807, 2.05) is 60.7 Å². The lowest BCUT2D eigenvalue weighted by Gasteiger charge is -1.93. The molecule has 1 heterocycles. The minimum Gasteiger partial charge on any atom is -0.0794 e. The smallest absolute Gasteiger partial charge is 0.0794 e. The van der Waals surface area contributed by atoms with Crippen LogP contribution in [0.3, 0.4) is 0 Å². The Morgan fingerprint density at radius 1 is 0.895 bits per heavy atom. The average Bonchev–Trinajstić information content (AvgIpc) is 2.93. The second kappa shape index (κ2) is 4.75. The van der Waals surface area contributed by atoms with Gasteiger partial charge < -0.3 is 0 Å². The van der Waals surface area contributed by atoms with Crippen LogP contribution in [0.15, 0.2) is 66.7 Å². The maximum absolute atomic E-state index is 9.10. The maximum atomic E-state index is 9.10. The van der Waals surface area contributed by atoms with Gasteiger partial charge >= 0.3 is 5.82 Å². The first kappa shape index (κ1) is 11.2. The van der Waals surface area contributed by atoms with Crippen LogP contribution in [0.25, 0.3) is 21.9 Å². The second-order valence-corrected chi connectivity index (χ2v) is 4.10. The number of aromatic nitrogens is 2. The van der Waals surface area contributed by atoms with Crippen LogP contribution in [-0.4, -0.2) is 9.78 Å². The van der Waals surface area contributed by atoms with Crippen LogP contribution in [0, 0.1) is 5.39 Å². The summed E-state index contributed by atoms with van der Waals surface area (Å²) in [5.74, 6) is 0.407. The highest BCUT2D eigenvalue weighted by molar-refractivity contribution is 5.64. The molecule has 0 radical (unpaired) electrons. The predicted octanol–water partition coefficient (Wildman–Crippen LogP) is 4.02. The first-order valence-corrected chi connectivity index (χ1v) is 5.94. The lowest BCUT2D eigenvalue weighted by atomic mass is 10.2. The van der Waals surface area contributed by atoms with E-state index >= 15 is 0 Å². The molecule has 90 valence electrons. The number of diazo groups is 1. The lowest BCUT2D eigenvalue weighted by Crippen LogP contribution is -1.94. The van der Waals surface area contributed by atoms with E-state index in [9.17, 15) is 0 Å². The second-order valence-electron chi connectivity index (χ2n) is 4.10. The molecule has 4 heteroatoms. The number of rotatable bonds is 2. The van der Waals surface area contributed by atoms with Gasteiger partial charge in [-0.2, -0.15) is 0 Å². The Hall–Kier alpha value is -2.93. The Morgan fingerprint density at radius 3 is 2.16 bits per heavy atom. The van der Waals surface area contributed by atoms with Gasteiger partial charge in [0, 0.05) is 10.5 Å².